The van der Waals surface area contributed by atoms with E-state index in [-0.39, 0.29) is 23.6 Å². The molecule has 1 unspecified atom stereocenters. The molecule has 2 aromatic carbocycles. The van der Waals surface area contributed by atoms with E-state index < -0.39 is 0 Å². The molecule has 0 aromatic heterocycles. The van der Waals surface area contributed by atoms with Crippen LogP contribution in [0.1, 0.15) is 31.2 Å². The molecule has 3 saturated heterocycles. The van der Waals surface area contributed by atoms with Crippen LogP contribution in [0.25, 0.3) is 11.1 Å². The van der Waals surface area contributed by atoms with Crippen LogP contribution in [0.5, 0.6) is 0 Å². The fourth-order valence-corrected chi connectivity index (χ4v) is 4.64. The second-order valence-electron chi connectivity index (χ2n) is 8.37. The van der Waals surface area contributed by atoms with E-state index in [1.165, 1.54) is 12.1 Å². The molecule has 2 aromatic rings. The summed E-state index contributed by atoms with van der Waals surface area (Å²) in [6, 6.07) is 14.7. The molecule has 3 aliphatic heterocycles. The molecule has 1 N–H and O–H groups in total. The van der Waals surface area contributed by atoms with Crippen LogP contribution < -0.4 is 5.32 Å². The molecular formula is C23H25FN2O2. The van der Waals surface area contributed by atoms with Crippen LogP contribution in [-0.4, -0.2) is 36.7 Å². The lowest BCUT2D eigenvalue weighted by Crippen LogP contribution is -2.53. The number of alkyl carbamates (subject to hydrolysis) is 1. The fraction of sp³-hybridized carbons (Fsp3) is 0.435. The molecule has 1 saturated carbocycles. The van der Waals surface area contributed by atoms with Gasteiger partial charge < -0.3 is 10.1 Å². The quantitative estimate of drug-likeness (QED) is 0.860. The Morgan fingerprint density at radius 1 is 1.00 bits per heavy atom. The number of hydrogen-bond acceptors (Lipinski definition) is 3. The molecule has 0 spiro atoms. The summed E-state index contributed by atoms with van der Waals surface area (Å²) in [5.41, 5.74) is 2.82. The highest BCUT2D eigenvalue weighted by Crippen LogP contribution is 2.46. The average Bonchev–Trinajstić information content (AvgIpc) is 3.50. The SMILES string of the molecule is O=C(NC1(c2ccc(-c3ccc(F)cc3)cc2)CC1)OC1CN2CCC1CC2. The van der Waals surface area contributed by atoms with Gasteiger partial charge in [0.2, 0.25) is 0 Å². The van der Waals surface area contributed by atoms with E-state index in [2.05, 4.69) is 22.3 Å². The van der Waals surface area contributed by atoms with Crippen LogP contribution in [0.4, 0.5) is 9.18 Å². The molecule has 3 heterocycles. The molecule has 4 nitrogen and oxygen atoms in total. The highest BCUT2D eigenvalue weighted by atomic mass is 19.1. The van der Waals surface area contributed by atoms with Crippen LogP contribution in [0.15, 0.2) is 48.5 Å². The van der Waals surface area contributed by atoms with Gasteiger partial charge in [0.25, 0.3) is 0 Å². The van der Waals surface area contributed by atoms with E-state index in [0.717, 1.165) is 62.0 Å². The third-order valence-corrected chi connectivity index (χ3v) is 6.56. The number of carbonyl (C=O) groups excluding carboxylic acids is 1. The number of amides is 1. The number of fused-ring (bicyclic) bond motifs is 3. The predicted molar refractivity (Wildman–Crippen MR) is 105 cm³/mol. The lowest BCUT2D eigenvalue weighted by atomic mass is 9.86. The number of nitrogens with zero attached hydrogens (tertiary/aromatic N) is 1. The summed E-state index contributed by atoms with van der Waals surface area (Å²) >= 11 is 0. The van der Waals surface area contributed by atoms with Gasteiger partial charge in [0.15, 0.2) is 0 Å². The molecule has 1 amide bonds. The van der Waals surface area contributed by atoms with E-state index >= 15 is 0 Å². The maximum atomic E-state index is 13.1. The third kappa shape index (κ3) is 3.39. The zero-order valence-corrected chi connectivity index (χ0v) is 15.9. The van der Waals surface area contributed by atoms with Crippen molar-refractivity contribution in [1.82, 2.24) is 10.2 Å². The molecule has 0 radical (unpaired) electrons. The predicted octanol–water partition coefficient (Wildman–Crippen LogP) is 4.30. The van der Waals surface area contributed by atoms with Gasteiger partial charge in [-0.05, 0) is 73.5 Å². The number of ether oxygens (including phenoxy) is 1. The highest BCUT2D eigenvalue weighted by molar-refractivity contribution is 5.70. The van der Waals surface area contributed by atoms with Crippen molar-refractivity contribution in [3.05, 3.63) is 59.9 Å². The van der Waals surface area contributed by atoms with E-state index in [9.17, 15) is 9.18 Å². The number of hydrogen-bond donors (Lipinski definition) is 1. The minimum atomic E-state index is -0.299. The summed E-state index contributed by atoms with van der Waals surface area (Å²) in [5.74, 6) is 0.281. The first kappa shape index (κ1) is 17.7. The summed E-state index contributed by atoms with van der Waals surface area (Å²) in [6.07, 6.45) is 3.86. The summed E-state index contributed by atoms with van der Waals surface area (Å²) in [7, 11) is 0. The van der Waals surface area contributed by atoms with Gasteiger partial charge in [-0.1, -0.05) is 36.4 Å². The van der Waals surface area contributed by atoms with Crippen LogP contribution in [0.2, 0.25) is 0 Å². The van der Waals surface area contributed by atoms with Gasteiger partial charge in [-0.15, -0.1) is 0 Å². The first-order valence-corrected chi connectivity index (χ1v) is 10.2. The zero-order chi connectivity index (χ0) is 19.1. The number of nitrogens with one attached hydrogen (secondary N) is 1. The molecule has 4 aliphatic rings. The van der Waals surface area contributed by atoms with Gasteiger partial charge in [0, 0.05) is 6.54 Å². The van der Waals surface area contributed by atoms with Crippen LogP contribution in [0.3, 0.4) is 0 Å². The smallest absolute Gasteiger partial charge is 0.408 e. The van der Waals surface area contributed by atoms with Crippen LogP contribution >= 0.6 is 0 Å². The largest absolute Gasteiger partial charge is 0.445 e. The molecule has 4 fully saturated rings. The lowest BCUT2D eigenvalue weighted by molar-refractivity contribution is -0.0342. The number of carbonyl (C=O) groups is 1. The minimum Gasteiger partial charge on any atom is -0.445 e. The normalized spacial score (nSPS) is 27.2. The molecule has 1 atom stereocenters. The first-order chi connectivity index (χ1) is 13.6. The summed E-state index contributed by atoms with van der Waals surface area (Å²) < 4.78 is 18.9. The number of piperidine rings is 3. The summed E-state index contributed by atoms with van der Waals surface area (Å²) in [6.45, 7) is 3.14. The monoisotopic (exact) mass is 380 g/mol. The van der Waals surface area contributed by atoms with Crippen molar-refractivity contribution < 1.29 is 13.9 Å². The van der Waals surface area contributed by atoms with Gasteiger partial charge in [-0.2, -0.15) is 0 Å². The van der Waals surface area contributed by atoms with Gasteiger partial charge in [0.1, 0.15) is 11.9 Å². The Bertz CT molecular complexity index is 853. The van der Waals surface area contributed by atoms with Crippen molar-refractivity contribution >= 4 is 6.09 Å². The summed E-state index contributed by atoms with van der Waals surface area (Å²) in [4.78, 5) is 14.9. The van der Waals surface area contributed by atoms with Crippen LogP contribution in [0, 0.1) is 11.7 Å². The van der Waals surface area contributed by atoms with Crippen molar-refractivity contribution in [1.29, 1.82) is 0 Å². The van der Waals surface area contributed by atoms with Crippen molar-refractivity contribution in [2.24, 2.45) is 5.92 Å². The molecular weight excluding hydrogens is 355 g/mol. The number of benzene rings is 2. The Morgan fingerprint density at radius 2 is 1.61 bits per heavy atom. The van der Waals surface area contributed by atoms with Crippen molar-refractivity contribution in [2.45, 2.75) is 37.3 Å². The van der Waals surface area contributed by atoms with Gasteiger partial charge >= 0.3 is 6.09 Å². The van der Waals surface area contributed by atoms with Gasteiger partial charge in [-0.3, -0.25) is 4.90 Å². The summed E-state index contributed by atoms with van der Waals surface area (Å²) in [5, 5.41) is 3.13. The van der Waals surface area contributed by atoms with Crippen molar-refractivity contribution in [2.75, 3.05) is 19.6 Å². The average molecular weight is 380 g/mol. The van der Waals surface area contributed by atoms with E-state index in [1.807, 2.05) is 12.1 Å². The minimum absolute atomic E-state index is 0.0270. The van der Waals surface area contributed by atoms with Gasteiger partial charge in [-0.25, -0.2) is 9.18 Å². The fourth-order valence-electron chi connectivity index (χ4n) is 4.64. The van der Waals surface area contributed by atoms with Crippen molar-refractivity contribution in [3.63, 3.8) is 0 Å². The van der Waals surface area contributed by atoms with E-state index in [1.54, 1.807) is 12.1 Å². The van der Waals surface area contributed by atoms with Crippen molar-refractivity contribution in [3.8, 4) is 11.1 Å². The van der Waals surface area contributed by atoms with Gasteiger partial charge in [0.05, 0.1) is 5.54 Å². The Labute approximate surface area is 164 Å². The standard InChI is InChI=1S/C23H25FN2O2/c24-20-7-3-17(4-8-20)16-1-5-19(6-2-16)23(11-12-23)25-22(27)28-21-15-26-13-9-18(21)10-14-26/h1-8,18,21H,9-15H2,(H,25,27). The van der Waals surface area contributed by atoms with E-state index in [4.69, 9.17) is 4.74 Å². The maximum absolute atomic E-state index is 13.1. The lowest BCUT2D eigenvalue weighted by Gasteiger charge is -2.44. The van der Waals surface area contributed by atoms with E-state index in [0.29, 0.717) is 5.92 Å². The molecule has 146 valence electrons. The topological polar surface area (TPSA) is 41.6 Å². The molecule has 2 bridgehead atoms. The zero-order valence-electron chi connectivity index (χ0n) is 15.9. The second-order valence-corrected chi connectivity index (χ2v) is 8.37. The molecule has 1 aliphatic carbocycles. The Morgan fingerprint density at radius 3 is 2.14 bits per heavy atom. The Balaban J connectivity index is 1.24. The Hall–Kier alpha value is -2.40. The molecule has 28 heavy (non-hydrogen) atoms. The maximum Gasteiger partial charge on any atom is 0.408 e. The number of rotatable bonds is 4. The first-order valence-electron chi connectivity index (χ1n) is 10.2. The Kier molecular flexibility index (Phi) is 4.35. The molecule has 5 heteroatoms. The van der Waals surface area contributed by atoms with Crippen LogP contribution in [-0.2, 0) is 10.3 Å². The highest BCUT2D eigenvalue weighted by Gasteiger charge is 2.47. The number of halogens is 1. The molecule has 6 rings (SSSR count). The third-order valence-electron chi connectivity index (χ3n) is 6.56. The second kappa shape index (κ2) is 6.89.